The molecule has 0 fully saturated rings. The number of hydrogen-bond acceptors (Lipinski definition) is 2. The molecule has 2 aromatic carbocycles. The highest BCUT2D eigenvalue weighted by molar-refractivity contribution is 5.78. The van der Waals surface area contributed by atoms with E-state index >= 15 is 0 Å². The molecule has 1 atom stereocenters. The van der Waals surface area contributed by atoms with Gasteiger partial charge in [-0.1, -0.05) is 30.3 Å². The molecule has 0 radical (unpaired) electrons. The van der Waals surface area contributed by atoms with Crippen molar-refractivity contribution in [1.29, 1.82) is 0 Å². The van der Waals surface area contributed by atoms with Gasteiger partial charge in [0.15, 0.2) is 6.61 Å². The Hall–Kier alpha value is -2.29. The van der Waals surface area contributed by atoms with Gasteiger partial charge >= 0.3 is 0 Å². The van der Waals surface area contributed by atoms with E-state index in [-0.39, 0.29) is 18.6 Å². The molecule has 0 saturated carbocycles. The number of aryl methyl sites for hydroxylation is 3. The van der Waals surface area contributed by atoms with Crippen LogP contribution in [0.4, 0.5) is 0 Å². The van der Waals surface area contributed by atoms with Crippen molar-refractivity contribution in [2.75, 3.05) is 6.61 Å². The maximum absolute atomic E-state index is 12.2. The molecule has 0 aliphatic heterocycles. The molecule has 3 nitrogen and oxygen atoms in total. The standard InChI is InChI=1S/C21H25NO2/c1-14-6-4-9-20(15(14)2)24-13-21(23)22-16(3)18-11-10-17-7-5-8-19(17)12-18/h4,6,9-12,16H,5,7-8,13H2,1-3H3,(H,22,23). The molecule has 1 N–H and O–H groups in total. The van der Waals surface area contributed by atoms with Gasteiger partial charge in [0.2, 0.25) is 0 Å². The number of nitrogens with one attached hydrogen (secondary N) is 1. The topological polar surface area (TPSA) is 38.3 Å². The first-order chi connectivity index (χ1) is 11.5. The van der Waals surface area contributed by atoms with Crippen molar-refractivity contribution in [2.45, 2.75) is 46.1 Å². The summed E-state index contributed by atoms with van der Waals surface area (Å²) in [6.45, 7) is 6.11. The SMILES string of the molecule is Cc1cccc(OCC(=O)NC(C)c2ccc3c(c2)CCC3)c1C. The van der Waals surface area contributed by atoms with Crippen LogP contribution in [0.5, 0.6) is 5.75 Å². The molecule has 3 rings (SSSR count). The smallest absolute Gasteiger partial charge is 0.258 e. The number of benzene rings is 2. The summed E-state index contributed by atoms with van der Waals surface area (Å²) in [4.78, 5) is 12.2. The van der Waals surface area contributed by atoms with E-state index in [1.54, 1.807) is 0 Å². The van der Waals surface area contributed by atoms with Gasteiger partial charge in [0.05, 0.1) is 6.04 Å². The van der Waals surface area contributed by atoms with Crippen LogP contribution in [0.25, 0.3) is 0 Å². The molecule has 0 saturated heterocycles. The number of rotatable bonds is 5. The van der Waals surface area contributed by atoms with E-state index in [1.807, 2.05) is 39.0 Å². The van der Waals surface area contributed by atoms with Gasteiger partial charge in [0.1, 0.15) is 5.75 Å². The van der Waals surface area contributed by atoms with Crippen LogP contribution in [-0.4, -0.2) is 12.5 Å². The largest absolute Gasteiger partial charge is 0.483 e. The van der Waals surface area contributed by atoms with E-state index in [1.165, 1.54) is 29.5 Å². The maximum atomic E-state index is 12.2. The number of amides is 1. The fourth-order valence-electron chi connectivity index (χ4n) is 3.25. The van der Waals surface area contributed by atoms with Crippen molar-refractivity contribution in [3.05, 3.63) is 64.2 Å². The van der Waals surface area contributed by atoms with Crippen molar-refractivity contribution in [3.63, 3.8) is 0 Å². The van der Waals surface area contributed by atoms with E-state index in [9.17, 15) is 4.79 Å². The zero-order valence-corrected chi connectivity index (χ0v) is 14.7. The van der Waals surface area contributed by atoms with Gasteiger partial charge in [0, 0.05) is 0 Å². The molecule has 1 aliphatic carbocycles. The summed E-state index contributed by atoms with van der Waals surface area (Å²) in [5.74, 6) is 0.680. The highest BCUT2D eigenvalue weighted by atomic mass is 16.5. The minimum atomic E-state index is -0.0936. The Morgan fingerprint density at radius 3 is 2.79 bits per heavy atom. The van der Waals surface area contributed by atoms with E-state index in [2.05, 4.69) is 23.5 Å². The number of fused-ring (bicyclic) bond motifs is 1. The Bertz CT molecular complexity index is 751. The third-order valence-corrected chi connectivity index (χ3v) is 4.91. The number of hydrogen-bond donors (Lipinski definition) is 1. The van der Waals surface area contributed by atoms with Crippen molar-refractivity contribution >= 4 is 5.91 Å². The van der Waals surface area contributed by atoms with Gasteiger partial charge in [0.25, 0.3) is 5.91 Å². The van der Waals surface area contributed by atoms with Crippen molar-refractivity contribution in [1.82, 2.24) is 5.32 Å². The first-order valence-electron chi connectivity index (χ1n) is 8.64. The highest BCUT2D eigenvalue weighted by Gasteiger charge is 2.15. The lowest BCUT2D eigenvalue weighted by atomic mass is 10.0. The Balaban J connectivity index is 1.57. The Morgan fingerprint density at radius 1 is 1.17 bits per heavy atom. The van der Waals surface area contributed by atoms with Crippen LogP contribution < -0.4 is 10.1 Å². The molecule has 126 valence electrons. The lowest BCUT2D eigenvalue weighted by Gasteiger charge is -2.16. The van der Waals surface area contributed by atoms with Crippen LogP contribution in [0.1, 0.15) is 47.2 Å². The fourth-order valence-corrected chi connectivity index (χ4v) is 3.25. The lowest BCUT2D eigenvalue weighted by Crippen LogP contribution is -2.31. The van der Waals surface area contributed by atoms with Crippen LogP contribution in [0.3, 0.4) is 0 Å². The van der Waals surface area contributed by atoms with Gasteiger partial charge in [-0.15, -0.1) is 0 Å². The molecule has 1 unspecified atom stereocenters. The predicted molar refractivity (Wildman–Crippen MR) is 96.4 cm³/mol. The normalized spacial score (nSPS) is 14.1. The number of ether oxygens (including phenoxy) is 1. The second-order valence-electron chi connectivity index (χ2n) is 6.66. The predicted octanol–water partition coefficient (Wildman–Crippen LogP) is 4.05. The van der Waals surface area contributed by atoms with Crippen molar-refractivity contribution in [2.24, 2.45) is 0 Å². The molecule has 0 heterocycles. The van der Waals surface area contributed by atoms with Crippen LogP contribution in [0, 0.1) is 13.8 Å². The van der Waals surface area contributed by atoms with Gasteiger partial charge in [-0.2, -0.15) is 0 Å². The fraction of sp³-hybridized carbons (Fsp3) is 0.381. The van der Waals surface area contributed by atoms with Crippen LogP contribution in [0.15, 0.2) is 36.4 Å². The summed E-state index contributed by atoms with van der Waals surface area (Å²) in [6, 6.07) is 12.4. The minimum absolute atomic E-state index is 0.00870. The quantitative estimate of drug-likeness (QED) is 0.901. The maximum Gasteiger partial charge on any atom is 0.258 e. The lowest BCUT2D eigenvalue weighted by molar-refractivity contribution is -0.123. The summed E-state index contributed by atoms with van der Waals surface area (Å²) >= 11 is 0. The molecule has 1 amide bonds. The van der Waals surface area contributed by atoms with E-state index in [0.29, 0.717) is 0 Å². The average Bonchev–Trinajstić information content (AvgIpc) is 3.03. The van der Waals surface area contributed by atoms with Crippen molar-refractivity contribution in [3.8, 4) is 5.75 Å². The Morgan fingerprint density at radius 2 is 1.96 bits per heavy atom. The summed E-state index contributed by atoms with van der Waals surface area (Å²) in [7, 11) is 0. The zero-order valence-electron chi connectivity index (χ0n) is 14.7. The van der Waals surface area contributed by atoms with Gasteiger partial charge < -0.3 is 10.1 Å². The van der Waals surface area contributed by atoms with Gasteiger partial charge in [-0.05, 0) is 73.9 Å². The monoisotopic (exact) mass is 323 g/mol. The van der Waals surface area contributed by atoms with Gasteiger partial charge in [-0.3, -0.25) is 4.79 Å². The summed E-state index contributed by atoms with van der Waals surface area (Å²) in [5.41, 5.74) is 6.29. The summed E-state index contributed by atoms with van der Waals surface area (Å²) in [5, 5.41) is 3.03. The van der Waals surface area contributed by atoms with Crippen molar-refractivity contribution < 1.29 is 9.53 Å². The first-order valence-corrected chi connectivity index (χ1v) is 8.64. The second-order valence-corrected chi connectivity index (χ2v) is 6.66. The molecule has 24 heavy (non-hydrogen) atoms. The van der Waals surface area contributed by atoms with E-state index in [4.69, 9.17) is 4.74 Å². The third kappa shape index (κ3) is 3.61. The Kier molecular flexibility index (Phi) is 4.89. The van der Waals surface area contributed by atoms with Crippen LogP contribution in [-0.2, 0) is 17.6 Å². The van der Waals surface area contributed by atoms with Crippen LogP contribution in [0.2, 0.25) is 0 Å². The zero-order chi connectivity index (χ0) is 17.1. The number of carbonyl (C=O) groups is 1. The summed E-state index contributed by atoms with van der Waals surface area (Å²) < 4.78 is 5.68. The third-order valence-electron chi connectivity index (χ3n) is 4.91. The molecule has 1 aliphatic rings. The first kappa shape index (κ1) is 16.6. The highest BCUT2D eigenvalue weighted by Crippen LogP contribution is 2.25. The molecule has 0 bridgehead atoms. The Labute approximate surface area is 144 Å². The molecule has 0 aromatic heterocycles. The van der Waals surface area contributed by atoms with E-state index < -0.39 is 0 Å². The van der Waals surface area contributed by atoms with Gasteiger partial charge in [-0.25, -0.2) is 0 Å². The molecule has 2 aromatic rings. The molecule has 0 spiro atoms. The summed E-state index contributed by atoms with van der Waals surface area (Å²) in [6.07, 6.45) is 3.57. The average molecular weight is 323 g/mol. The number of carbonyl (C=O) groups excluding carboxylic acids is 1. The molecular weight excluding hydrogens is 298 g/mol. The second kappa shape index (κ2) is 7.08. The van der Waals surface area contributed by atoms with Crippen LogP contribution >= 0.6 is 0 Å². The molecule has 3 heteroatoms. The minimum Gasteiger partial charge on any atom is -0.483 e. The molecular formula is C21H25NO2. The van der Waals surface area contributed by atoms with E-state index in [0.717, 1.165) is 23.3 Å².